The lowest BCUT2D eigenvalue weighted by atomic mass is 9.99. The van der Waals surface area contributed by atoms with Crippen molar-refractivity contribution in [2.24, 2.45) is 0 Å². The Kier molecular flexibility index (Phi) is 7.97. The molecule has 2 aliphatic rings. The minimum atomic E-state index is 0.772. The molecular weight excluding hydrogens is 370 g/mol. The van der Waals surface area contributed by atoms with E-state index in [1.807, 2.05) is 19.2 Å². The van der Waals surface area contributed by atoms with Gasteiger partial charge in [-0.15, -0.1) is 0 Å². The Hall–Kier alpha value is -2.72. The van der Waals surface area contributed by atoms with E-state index in [-0.39, 0.29) is 0 Å². The summed E-state index contributed by atoms with van der Waals surface area (Å²) in [5, 5.41) is 11.1. The van der Waals surface area contributed by atoms with Gasteiger partial charge in [0, 0.05) is 35.7 Å². The van der Waals surface area contributed by atoms with Gasteiger partial charge in [0.1, 0.15) is 11.5 Å². The largest absolute Gasteiger partial charge is 0.460 e. The summed E-state index contributed by atoms with van der Waals surface area (Å²) in [6.45, 7) is 5.46. The van der Waals surface area contributed by atoms with Gasteiger partial charge in [-0.05, 0) is 80.6 Å². The predicted molar refractivity (Wildman–Crippen MR) is 126 cm³/mol. The van der Waals surface area contributed by atoms with Crippen LogP contribution >= 0.6 is 0 Å². The fourth-order valence-corrected chi connectivity index (χ4v) is 3.86. The van der Waals surface area contributed by atoms with Gasteiger partial charge in [0.25, 0.3) is 0 Å². The maximum absolute atomic E-state index is 8.12. The van der Waals surface area contributed by atoms with Crippen LogP contribution < -0.4 is 5.32 Å². The molecule has 0 aromatic carbocycles. The summed E-state index contributed by atoms with van der Waals surface area (Å²) in [5.41, 5.74) is 6.60. The molecule has 0 atom stereocenters. The van der Waals surface area contributed by atoms with E-state index in [2.05, 4.69) is 48.4 Å². The van der Waals surface area contributed by atoms with Crippen LogP contribution in [0.1, 0.15) is 57.3 Å². The first-order valence-corrected chi connectivity index (χ1v) is 11.0. The van der Waals surface area contributed by atoms with Gasteiger partial charge in [-0.1, -0.05) is 32.1 Å². The van der Waals surface area contributed by atoms with Crippen molar-refractivity contribution in [2.45, 2.75) is 52.4 Å². The highest BCUT2D eigenvalue weighted by Crippen LogP contribution is 2.38. The number of furan rings is 1. The molecule has 4 nitrogen and oxygen atoms in total. The van der Waals surface area contributed by atoms with Gasteiger partial charge in [0.2, 0.25) is 0 Å². The van der Waals surface area contributed by atoms with Crippen LogP contribution in [0.25, 0.3) is 16.9 Å². The topological polar surface area (TPSA) is 61.9 Å². The van der Waals surface area contributed by atoms with E-state index >= 15 is 0 Å². The molecule has 4 heteroatoms. The van der Waals surface area contributed by atoms with Crippen molar-refractivity contribution in [1.29, 1.82) is 5.41 Å². The van der Waals surface area contributed by atoms with E-state index in [0.717, 1.165) is 72.6 Å². The molecular formula is C26H33N3O. The average molecular weight is 404 g/mol. The SMILES string of the molecule is CCCNC.CCCc1cc(C2=CCC=C3C(=N)CCC3=C2)c(-c2ccncc2)o1. The molecule has 0 unspecified atom stereocenters. The van der Waals surface area contributed by atoms with Crippen LogP contribution in [-0.4, -0.2) is 24.3 Å². The van der Waals surface area contributed by atoms with E-state index < -0.39 is 0 Å². The quantitative estimate of drug-likeness (QED) is 0.589. The second kappa shape index (κ2) is 10.9. The first-order chi connectivity index (χ1) is 14.7. The summed E-state index contributed by atoms with van der Waals surface area (Å²) < 4.78 is 6.21. The smallest absolute Gasteiger partial charge is 0.142 e. The fourth-order valence-electron chi connectivity index (χ4n) is 3.86. The van der Waals surface area contributed by atoms with E-state index in [1.165, 1.54) is 17.6 Å². The van der Waals surface area contributed by atoms with Gasteiger partial charge in [-0.25, -0.2) is 0 Å². The Labute approximate surface area is 180 Å². The molecule has 0 aliphatic heterocycles. The lowest BCUT2D eigenvalue weighted by Crippen LogP contribution is -2.04. The second-order valence-electron chi connectivity index (χ2n) is 7.71. The van der Waals surface area contributed by atoms with E-state index in [1.54, 1.807) is 12.4 Å². The van der Waals surface area contributed by atoms with Crippen LogP contribution in [0.15, 0.2) is 64.4 Å². The monoisotopic (exact) mass is 403 g/mol. The molecule has 1 fully saturated rings. The number of nitrogens with zero attached hydrogens (tertiary/aromatic N) is 1. The number of fused-ring (bicyclic) bond motifs is 1. The zero-order valence-corrected chi connectivity index (χ0v) is 18.4. The molecule has 2 heterocycles. The Morgan fingerprint density at radius 1 is 1.10 bits per heavy atom. The summed E-state index contributed by atoms with van der Waals surface area (Å²) in [6.07, 6.45) is 16.2. The summed E-state index contributed by atoms with van der Waals surface area (Å²) in [7, 11) is 1.96. The van der Waals surface area contributed by atoms with Crippen LogP contribution in [0.5, 0.6) is 0 Å². The highest BCUT2D eigenvalue weighted by atomic mass is 16.3. The number of aromatic nitrogens is 1. The average Bonchev–Trinajstić information content (AvgIpc) is 3.26. The maximum atomic E-state index is 8.12. The van der Waals surface area contributed by atoms with Gasteiger partial charge in [-0.2, -0.15) is 0 Å². The number of nitrogens with one attached hydrogen (secondary N) is 2. The maximum Gasteiger partial charge on any atom is 0.142 e. The molecule has 1 saturated carbocycles. The van der Waals surface area contributed by atoms with Crippen molar-refractivity contribution in [1.82, 2.24) is 10.3 Å². The Morgan fingerprint density at radius 3 is 2.57 bits per heavy atom. The molecule has 0 radical (unpaired) electrons. The molecule has 2 N–H and O–H groups in total. The minimum Gasteiger partial charge on any atom is -0.460 e. The van der Waals surface area contributed by atoms with Gasteiger partial charge in [0.15, 0.2) is 0 Å². The van der Waals surface area contributed by atoms with Crippen molar-refractivity contribution in [2.75, 3.05) is 13.6 Å². The van der Waals surface area contributed by atoms with Gasteiger partial charge < -0.3 is 15.1 Å². The Morgan fingerprint density at radius 2 is 1.90 bits per heavy atom. The van der Waals surface area contributed by atoms with Gasteiger partial charge >= 0.3 is 0 Å². The molecule has 0 bridgehead atoms. The van der Waals surface area contributed by atoms with Crippen molar-refractivity contribution in [3.8, 4) is 11.3 Å². The molecule has 0 spiro atoms. The number of hydrogen-bond acceptors (Lipinski definition) is 4. The summed E-state index contributed by atoms with van der Waals surface area (Å²) >= 11 is 0. The van der Waals surface area contributed by atoms with Gasteiger partial charge in [0.05, 0.1) is 0 Å². The molecule has 158 valence electrons. The third-order valence-corrected chi connectivity index (χ3v) is 5.34. The van der Waals surface area contributed by atoms with Crippen LogP contribution in [0, 0.1) is 5.41 Å². The van der Waals surface area contributed by atoms with Crippen LogP contribution in [0.4, 0.5) is 0 Å². The molecule has 4 rings (SSSR count). The molecule has 0 amide bonds. The number of pyridine rings is 1. The molecule has 2 aromatic rings. The molecule has 0 saturated heterocycles. The third-order valence-electron chi connectivity index (χ3n) is 5.34. The highest BCUT2D eigenvalue weighted by Gasteiger charge is 2.22. The lowest BCUT2D eigenvalue weighted by Gasteiger charge is -2.05. The zero-order valence-electron chi connectivity index (χ0n) is 18.4. The first-order valence-electron chi connectivity index (χ1n) is 11.0. The van der Waals surface area contributed by atoms with Crippen molar-refractivity contribution in [3.05, 3.63) is 71.3 Å². The lowest BCUT2D eigenvalue weighted by molar-refractivity contribution is 0.518. The first kappa shape index (κ1) is 22.0. The van der Waals surface area contributed by atoms with Crippen molar-refractivity contribution < 1.29 is 4.42 Å². The van der Waals surface area contributed by atoms with Crippen LogP contribution in [0.2, 0.25) is 0 Å². The number of allylic oxidation sites excluding steroid dienone is 6. The van der Waals surface area contributed by atoms with Crippen LogP contribution in [0.3, 0.4) is 0 Å². The predicted octanol–water partition coefficient (Wildman–Crippen LogP) is 6.36. The summed E-state index contributed by atoms with van der Waals surface area (Å²) in [5.74, 6) is 1.95. The second-order valence-corrected chi connectivity index (χ2v) is 7.71. The Balaban J connectivity index is 0.000000461. The molecule has 2 aromatic heterocycles. The number of hydrogen-bond donors (Lipinski definition) is 2. The minimum absolute atomic E-state index is 0.772. The number of aryl methyl sites for hydroxylation is 1. The summed E-state index contributed by atoms with van der Waals surface area (Å²) in [6, 6.07) is 6.18. The third kappa shape index (κ3) is 5.25. The van der Waals surface area contributed by atoms with Crippen molar-refractivity contribution >= 4 is 11.3 Å². The summed E-state index contributed by atoms with van der Waals surface area (Å²) in [4.78, 5) is 4.12. The Bertz CT molecular complexity index is 946. The van der Waals surface area contributed by atoms with Gasteiger partial charge in [-0.3, -0.25) is 4.98 Å². The standard InChI is InChI=1S/C22H22N2O.C4H11N/c1-2-4-18-14-20(22(25-18)15-9-11-24-12-10-15)16-5-3-6-19-17(13-16)7-8-21(19)23;1-3-4-5-2/h5-6,9-14,23H,2-4,7-8H2,1H3;5H,3-4H2,1-2H3. The van der Waals surface area contributed by atoms with E-state index in [9.17, 15) is 0 Å². The fraction of sp³-hybridized carbons (Fsp3) is 0.385. The number of rotatable bonds is 6. The highest BCUT2D eigenvalue weighted by molar-refractivity contribution is 6.06. The van der Waals surface area contributed by atoms with E-state index in [4.69, 9.17) is 9.83 Å². The van der Waals surface area contributed by atoms with Crippen LogP contribution in [-0.2, 0) is 6.42 Å². The van der Waals surface area contributed by atoms with E-state index in [0.29, 0.717) is 0 Å². The normalized spacial score (nSPS) is 15.4. The molecule has 30 heavy (non-hydrogen) atoms. The zero-order chi connectivity index (χ0) is 21.3. The van der Waals surface area contributed by atoms with Crippen molar-refractivity contribution in [3.63, 3.8) is 0 Å². The molecule has 2 aliphatic carbocycles.